The molecule has 2 rings (SSSR count). The second kappa shape index (κ2) is 9.46. The van der Waals surface area contributed by atoms with Crippen molar-refractivity contribution in [2.75, 3.05) is 13.7 Å². The average Bonchev–Trinajstić information content (AvgIpc) is 2.46. The van der Waals surface area contributed by atoms with Crippen LogP contribution in [0.5, 0.6) is 5.75 Å². The van der Waals surface area contributed by atoms with Crippen molar-refractivity contribution in [1.29, 1.82) is 0 Å². The molecule has 114 valence electrons. The lowest BCUT2D eigenvalue weighted by Crippen LogP contribution is -2.17. The minimum atomic E-state index is 0. The molecule has 0 spiro atoms. The molecule has 0 heterocycles. The molecule has 21 heavy (non-hydrogen) atoms. The van der Waals surface area contributed by atoms with E-state index in [2.05, 4.69) is 39.4 Å². The van der Waals surface area contributed by atoms with Crippen molar-refractivity contribution < 1.29 is 4.74 Å². The molecule has 1 N–H and O–H groups in total. The van der Waals surface area contributed by atoms with Crippen LogP contribution in [0.4, 0.5) is 0 Å². The predicted molar refractivity (Wildman–Crippen MR) is 97.9 cm³/mol. The zero-order chi connectivity index (χ0) is 14.4. The van der Waals surface area contributed by atoms with Gasteiger partial charge in [0.15, 0.2) is 0 Å². The molecule has 0 atom stereocenters. The van der Waals surface area contributed by atoms with Gasteiger partial charge in [0.1, 0.15) is 5.75 Å². The van der Waals surface area contributed by atoms with Gasteiger partial charge in [0.25, 0.3) is 0 Å². The highest BCUT2D eigenvalue weighted by molar-refractivity contribution is 9.10. The van der Waals surface area contributed by atoms with E-state index in [9.17, 15) is 0 Å². The molecule has 0 aliphatic rings. The maximum Gasteiger partial charge on any atom is 0.123 e. The number of halogens is 3. The fraction of sp³-hybridized carbons (Fsp3) is 0.250. The van der Waals surface area contributed by atoms with Crippen LogP contribution in [0.25, 0.3) is 0 Å². The molecule has 2 aromatic rings. The Morgan fingerprint density at radius 1 is 1.14 bits per heavy atom. The molecule has 0 saturated heterocycles. The molecule has 5 heteroatoms. The Bertz CT molecular complexity index is 561. The normalized spacial score (nSPS) is 10.0. The summed E-state index contributed by atoms with van der Waals surface area (Å²) >= 11 is 9.35. The summed E-state index contributed by atoms with van der Waals surface area (Å²) in [6, 6.07) is 14.0. The van der Waals surface area contributed by atoms with Crippen LogP contribution >= 0.6 is 44.5 Å². The van der Waals surface area contributed by atoms with Crippen LogP contribution < -0.4 is 10.1 Å². The second-order valence-corrected chi connectivity index (χ2v) is 5.86. The summed E-state index contributed by atoms with van der Waals surface area (Å²) in [4.78, 5) is 0. The molecule has 0 unspecified atom stereocenters. The van der Waals surface area contributed by atoms with Crippen molar-refractivity contribution in [3.05, 3.63) is 63.1 Å². The minimum absolute atomic E-state index is 0. The zero-order valence-electron chi connectivity index (χ0n) is 11.7. The smallest absolute Gasteiger partial charge is 0.123 e. The van der Waals surface area contributed by atoms with Gasteiger partial charge < -0.3 is 10.1 Å². The van der Waals surface area contributed by atoms with E-state index in [1.807, 2.05) is 24.3 Å². The third kappa shape index (κ3) is 5.99. The summed E-state index contributed by atoms with van der Waals surface area (Å²) in [6.45, 7) is 1.70. The first-order valence-electron chi connectivity index (χ1n) is 6.46. The Labute approximate surface area is 149 Å². The SMILES string of the molecule is Br.COc1ccc(Br)cc1CNCCc1ccc(Cl)cc1. The largest absolute Gasteiger partial charge is 0.496 e. The molecule has 0 saturated carbocycles. The van der Waals surface area contributed by atoms with Crippen molar-refractivity contribution >= 4 is 44.5 Å². The summed E-state index contributed by atoms with van der Waals surface area (Å²) in [7, 11) is 1.69. The number of hydrogen-bond donors (Lipinski definition) is 1. The molecule has 0 aromatic heterocycles. The van der Waals surface area contributed by atoms with E-state index in [4.69, 9.17) is 16.3 Å². The van der Waals surface area contributed by atoms with Crippen LogP contribution in [-0.2, 0) is 13.0 Å². The molecular formula is C16H18Br2ClNO. The zero-order valence-corrected chi connectivity index (χ0v) is 15.8. The topological polar surface area (TPSA) is 21.3 Å². The molecule has 2 nitrogen and oxygen atoms in total. The lowest BCUT2D eigenvalue weighted by atomic mass is 10.1. The molecule has 0 radical (unpaired) electrons. The lowest BCUT2D eigenvalue weighted by molar-refractivity contribution is 0.407. The Balaban J connectivity index is 0.00000220. The van der Waals surface area contributed by atoms with Gasteiger partial charge in [0.2, 0.25) is 0 Å². The summed E-state index contributed by atoms with van der Waals surface area (Å²) in [6.07, 6.45) is 0.980. The molecule has 0 aliphatic heterocycles. The van der Waals surface area contributed by atoms with Crippen molar-refractivity contribution in [3.8, 4) is 5.75 Å². The van der Waals surface area contributed by atoms with Gasteiger partial charge in [-0.25, -0.2) is 0 Å². The summed E-state index contributed by atoms with van der Waals surface area (Å²) in [5.41, 5.74) is 2.43. The predicted octanol–water partition coefficient (Wildman–Crippen LogP) is 5.02. The fourth-order valence-electron chi connectivity index (χ4n) is 1.99. The Morgan fingerprint density at radius 3 is 2.52 bits per heavy atom. The highest BCUT2D eigenvalue weighted by Gasteiger charge is 2.03. The van der Waals surface area contributed by atoms with Gasteiger partial charge in [-0.15, -0.1) is 17.0 Å². The maximum atomic E-state index is 5.87. The highest BCUT2D eigenvalue weighted by Crippen LogP contribution is 2.22. The van der Waals surface area contributed by atoms with Gasteiger partial charge in [-0.2, -0.15) is 0 Å². The lowest BCUT2D eigenvalue weighted by Gasteiger charge is -2.10. The minimum Gasteiger partial charge on any atom is -0.496 e. The molecule has 0 bridgehead atoms. The first kappa shape index (κ1) is 18.5. The third-order valence-electron chi connectivity index (χ3n) is 3.06. The third-order valence-corrected chi connectivity index (χ3v) is 3.81. The van der Waals surface area contributed by atoms with E-state index in [0.717, 1.165) is 40.3 Å². The average molecular weight is 436 g/mol. The van der Waals surface area contributed by atoms with Crippen molar-refractivity contribution in [2.45, 2.75) is 13.0 Å². The van der Waals surface area contributed by atoms with E-state index >= 15 is 0 Å². The van der Waals surface area contributed by atoms with Crippen LogP contribution in [-0.4, -0.2) is 13.7 Å². The van der Waals surface area contributed by atoms with E-state index < -0.39 is 0 Å². The van der Waals surface area contributed by atoms with E-state index in [1.54, 1.807) is 7.11 Å². The standard InChI is InChI=1S/C16H17BrClNO.BrH/c1-20-16-7-4-14(17)10-13(16)11-19-9-8-12-2-5-15(18)6-3-12;/h2-7,10,19H,8-9,11H2,1H3;1H. The maximum absolute atomic E-state index is 5.87. The van der Waals surface area contributed by atoms with Gasteiger partial charge in [0.05, 0.1) is 7.11 Å². The molecule has 2 aromatic carbocycles. The first-order chi connectivity index (χ1) is 9.69. The molecule has 0 fully saturated rings. The van der Waals surface area contributed by atoms with Crippen LogP contribution in [0.2, 0.25) is 5.02 Å². The number of hydrogen-bond acceptors (Lipinski definition) is 2. The second-order valence-electron chi connectivity index (χ2n) is 4.51. The van der Waals surface area contributed by atoms with Crippen LogP contribution in [0, 0.1) is 0 Å². The Kier molecular flexibility index (Phi) is 8.34. The summed E-state index contributed by atoms with van der Waals surface area (Å²) in [5, 5.41) is 4.21. The van der Waals surface area contributed by atoms with Crippen LogP contribution in [0.3, 0.4) is 0 Å². The first-order valence-corrected chi connectivity index (χ1v) is 7.63. The number of nitrogens with one attached hydrogen (secondary N) is 1. The monoisotopic (exact) mass is 433 g/mol. The van der Waals surface area contributed by atoms with E-state index in [0.29, 0.717) is 0 Å². The highest BCUT2D eigenvalue weighted by atomic mass is 79.9. The summed E-state index contributed by atoms with van der Waals surface area (Å²) in [5.74, 6) is 0.909. The van der Waals surface area contributed by atoms with Crippen LogP contribution in [0.15, 0.2) is 46.9 Å². The summed E-state index contributed by atoms with van der Waals surface area (Å²) < 4.78 is 6.42. The van der Waals surface area contributed by atoms with Crippen molar-refractivity contribution in [3.63, 3.8) is 0 Å². The van der Waals surface area contributed by atoms with Gasteiger partial charge in [-0.3, -0.25) is 0 Å². The van der Waals surface area contributed by atoms with Crippen LogP contribution in [0.1, 0.15) is 11.1 Å². The molecule has 0 amide bonds. The Hall–Kier alpha value is -0.550. The molecular weight excluding hydrogens is 417 g/mol. The van der Waals surface area contributed by atoms with Gasteiger partial charge in [-0.1, -0.05) is 39.7 Å². The quantitative estimate of drug-likeness (QED) is 0.643. The fourth-order valence-corrected chi connectivity index (χ4v) is 2.53. The van der Waals surface area contributed by atoms with E-state index in [-0.39, 0.29) is 17.0 Å². The van der Waals surface area contributed by atoms with Gasteiger partial charge in [-0.05, 0) is 48.9 Å². The number of methoxy groups -OCH3 is 1. The molecule has 0 aliphatic carbocycles. The van der Waals surface area contributed by atoms with Crippen molar-refractivity contribution in [2.24, 2.45) is 0 Å². The van der Waals surface area contributed by atoms with Gasteiger partial charge >= 0.3 is 0 Å². The number of ether oxygens (including phenoxy) is 1. The number of benzene rings is 2. The Morgan fingerprint density at radius 2 is 1.86 bits per heavy atom. The van der Waals surface area contributed by atoms with Gasteiger partial charge in [0, 0.05) is 21.6 Å². The van der Waals surface area contributed by atoms with Crippen molar-refractivity contribution in [1.82, 2.24) is 5.32 Å². The number of rotatable bonds is 6. The van der Waals surface area contributed by atoms with E-state index in [1.165, 1.54) is 5.56 Å².